The van der Waals surface area contributed by atoms with E-state index in [1.807, 2.05) is 24.3 Å². The highest BCUT2D eigenvalue weighted by molar-refractivity contribution is 7.92. The van der Waals surface area contributed by atoms with Gasteiger partial charge in [0, 0.05) is 25.2 Å². The fourth-order valence-corrected chi connectivity index (χ4v) is 5.37. The van der Waals surface area contributed by atoms with Gasteiger partial charge in [-0.15, -0.1) is 0 Å². The average molecular weight is 494 g/mol. The molecule has 0 spiro atoms. The number of benzene rings is 3. The zero-order valence-electron chi connectivity index (χ0n) is 19.4. The number of amides is 2. The van der Waals surface area contributed by atoms with Crippen molar-refractivity contribution >= 4 is 33.2 Å². The molecule has 0 atom stereocenters. The average Bonchev–Trinajstić information content (AvgIpc) is 3.32. The van der Waals surface area contributed by atoms with E-state index in [-0.39, 0.29) is 17.3 Å². The summed E-state index contributed by atoms with van der Waals surface area (Å²) in [6, 6.07) is 21.9. The van der Waals surface area contributed by atoms with E-state index in [2.05, 4.69) is 5.32 Å². The van der Waals surface area contributed by atoms with Crippen molar-refractivity contribution in [1.82, 2.24) is 5.32 Å². The van der Waals surface area contributed by atoms with Crippen LogP contribution >= 0.6 is 0 Å². The molecule has 1 heterocycles. The van der Waals surface area contributed by atoms with Crippen molar-refractivity contribution < 1.29 is 22.7 Å². The number of carbonyl (C=O) groups excluding carboxylic acids is 2. The van der Waals surface area contributed by atoms with E-state index in [1.54, 1.807) is 47.4 Å². The maximum Gasteiger partial charge on any atom is 0.264 e. The largest absolute Gasteiger partial charge is 0.497 e. The summed E-state index contributed by atoms with van der Waals surface area (Å²) in [5.41, 5.74) is 1.96. The predicted molar refractivity (Wildman–Crippen MR) is 134 cm³/mol. The molecule has 4 rings (SSSR count). The molecular weight excluding hydrogens is 466 g/mol. The lowest BCUT2D eigenvalue weighted by molar-refractivity contribution is -0.120. The van der Waals surface area contributed by atoms with E-state index in [1.165, 1.54) is 19.2 Å². The third-order valence-corrected chi connectivity index (χ3v) is 7.55. The molecule has 0 radical (unpaired) electrons. The van der Waals surface area contributed by atoms with Crippen LogP contribution in [0.2, 0.25) is 0 Å². The van der Waals surface area contributed by atoms with Crippen molar-refractivity contribution in [2.75, 3.05) is 29.4 Å². The van der Waals surface area contributed by atoms with Crippen LogP contribution in [0, 0.1) is 0 Å². The molecule has 1 aliphatic rings. The van der Waals surface area contributed by atoms with Gasteiger partial charge in [0.2, 0.25) is 11.8 Å². The number of nitrogens with zero attached hydrogens (tertiary/aromatic N) is 2. The number of hydrogen-bond donors (Lipinski definition) is 1. The molecule has 1 N–H and O–H groups in total. The van der Waals surface area contributed by atoms with Gasteiger partial charge in [-0.05, 0) is 60.5 Å². The fourth-order valence-electron chi connectivity index (χ4n) is 3.93. The van der Waals surface area contributed by atoms with Gasteiger partial charge in [-0.1, -0.05) is 30.3 Å². The molecule has 9 heteroatoms. The second-order valence-corrected chi connectivity index (χ2v) is 9.98. The zero-order valence-corrected chi connectivity index (χ0v) is 20.2. The van der Waals surface area contributed by atoms with Crippen molar-refractivity contribution in [3.05, 3.63) is 84.4 Å². The first kappa shape index (κ1) is 24.3. The van der Waals surface area contributed by atoms with E-state index in [0.717, 1.165) is 22.0 Å². The van der Waals surface area contributed by atoms with Gasteiger partial charge < -0.3 is 15.0 Å². The molecular formula is C26H27N3O5S. The summed E-state index contributed by atoms with van der Waals surface area (Å²) in [5.74, 6) is 0.210. The van der Waals surface area contributed by atoms with Gasteiger partial charge in [0.15, 0.2) is 0 Å². The van der Waals surface area contributed by atoms with Crippen LogP contribution in [-0.2, 0) is 26.2 Å². The summed E-state index contributed by atoms with van der Waals surface area (Å²) in [7, 11) is -2.46. The Labute approximate surface area is 205 Å². The lowest BCUT2D eigenvalue weighted by Crippen LogP contribution is -2.40. The first-order chi connectivity index (χ1) is 16.9. The number of carbonyl (C=O) groups is 2. The Morgan fingerprint density at radius 3 is 2.43 bits per heavy atom. The summed E-state index contributed by atoms with van der Waals surface area (Å²) in [6.45, 7) is 0.493. The van der Waals surface area contributed by atoms with E-state index >= 15 is 0 Å². The SMILES string of the molecule is COc1ccc(N(CC(=O)NCc2cccc(N3CCCC3=O)c2)S(=O)(=O)c2ccccc2)cc1. The molecule has 0 saturated carbocycles. The third kappa shape index (κ3) is 5.63. The molecule has 2 amide bonds. The molecule has 1 aliphatic heterocycles. The Hall–Kier alpha value is -3.85. The summed E-state index contributed by atoms with van der Waals surface area (Å²) >= 11 is 0. The Morgan fingerprint density at radius 2 is 1.77 bits per heavy atom. The van der Waals surface area contributed by atoms with Gasteiger partial charge in [0.25, 0.3) is 10.0 Å². The number of rotatable bonds is 9. The number of anilines is 2. The Balaban J connectivity index is 1.51. The normalized spacial score (nSPS) is 13.5. The Bertz CT molecular complexity index is 1290. The van der Waals surface area contributed by atoms with Crippen molar-refractivity contribution in [3.8, 4) is 5.75 Å². The molecule has 3 aromatic carbocycles. The van der Waals surface area contributed by atoms with Gasteiger partial charge in [0.1, 0.15) is 12.3 Å². The molecule has 3 aromatic rings. The van der Waals surface area contributed by atoms with Crippen LogP contribution in [0.3, 0.4) is 0 Å². The summed E-state index contributed by atoms with van der Waals surface area (Å²) < 4.78 is 33.0. The minimum absolute atomic E-state index is 0.0894. The second kappa shape index (κ2) is 10.6. The standard InChI is InChI=1S/C26H27N3O5S/c1-34-23-14-12-21(13-15-23)29(35(32,33)24-9-3-2-4-10-24)19-25(30)27-18-20-7-5-8-22(17-20)28-16-6-11-26(28)31/h2-5,7-10,12-15,17H,6,11,16,18-19H2,1H3,(H,27,30). The lowest BCUT2D eigenvalue weighted by atomic mass is 10.2. The maximum atomic E-state index is 13.4. The smallest absolute Gasteiger partial charge is 0.264 e. The topological polar surface area (TPSA) is 96.0 Å². The number of sulfonamides is 1. The van der Waals surface area contributed by atoms with Gasteiger partial charge in [0.05, 0.1) is 17.7 Å². The number of hydrogen-bond acceptors (Lipinski definition) is 5. The quantitative estimate of drug-likeness (QED) is 0.493. The van der Waals surface area contributed by atoms with Crippen LogP contribution in [-0.4, -0.2) is 40.4 Å². The molecule has 0 aromatic heterocycles. The van der Waals surface area contributed by atoms with Gasteiger partial charge in [-0.25, -0.2) is 8.42 Å². The number of nitrogens with one attached hydrogen (secondary N) is 1. The van der Waals surface area contributed by atoms with Crippen LogP contribution in [0.25, 0.3) is 0 Å². The monoisotopic (exact) mass is 493 g/mol. The van der Waals surface area contributed by atoms with Crippen molar-refractivity contribution in [1.29, 1.82) is 0 Å². The van der Waals surface area contributed by atoms with Crippen LogP contribution in [0.4, 0.5) is 11.4 Å². The summed E-state index contributed by atoms with van der Waals surface area (Å²) in [6.07, 6.45) is 1.37. The van der Waals surface area contributed by atoms with Crippen LogP contribution < -0.4 is 19.3 Å². The first-order valence-electron chi connectivity index (χ1n) is 11.3. The van der Waals surface area contributed by atoms with E-state index in [9.17, 15) is 18.0 Å². The Morgan fingerprint density at radius 1 is 1.03 bits per heavy atom. The highest BCUT2D eigenvalue weighted by atomic mass is 32.2. The molecule has 182 valence electrons. The van der Waals surface area contributed by atoms with Gasteiger partial charge in [-0.2, -0.15) is 0 Å². The van der Waals surface area contributed by atoms with E-state index in [0.29, 0.717) is 24.4 Å². The second-order valence-electron chi connectivity index (χ2n) is 8.12. The minimum Gasteiger partial charge on any atom is -0.497 e. The lowest BCUT2D eigenvalue weighted by Gasteiger charge is -2.24. The summed E-state index contributed by atoms with van der Waals surface area (Å²) in [4.78, 5) is 26.8. The van der Waals surface area contributed by atoms with E-state index in [4.69, 9.17) is 4.74 Å². The van der Waals surface area contributed by atoms with Crippen molar-refractivity contribution in [2.45, 2.75) is 24.3 Å². The predicted octanol–water partition coefficient (Wildman–Crippen LogP) is 3.33. The van der Waals surface area contributed by atoms with Crippen LogP contribution in [0.15, 0.2) is 83.8 Å². The fraction of sp³-hybridized carbons (Fsp3) is 0.231. The first-order valence-corrected chi connectivity index (χ1v) is 12.7. The van der Waals surface area contributed by atoms with E-state index < -0.39 is 22.5 Å². The molecule has 35 heavy (non-hydrogen) atoms. The molecule has 0 bridgehead atoms. The third-order valence-electron chi connectivity index (χ3n) is 5.76. The van der Waals surface area contributed by atoms with Crippen molar-refractivity contribution in [3.63, 3.8) is 0 Å². The minimum atomic E-state index is -3.99. The number of ether oxygens (including phenoxy) is 1. The highest BCUT2D eigenvalue weighted by Crippen LogP contribution is 2.26. The molecule has 0 unspecified atom stereocenters. The molecule has 0 aliphatic carbocycles. The van der Waals surface area contributed by atoms with Crippen LogP contribution in [0.1, 0.15) is 18.4 Å². The maximum absolute atomic E-state index is 13.4. The molecule has 8 nitrogen and oxygen atoms in total. The summed E-state index contributed by atoms with van der Waals surface area (Å²) in [5, 5.41) is 2.80. The molecule has 1 fully saturated rings. The molecule has 1 saturated heterocycles. The van der Waals surface area contributed by atoms with Gasteiger partial charge >= 0.3 is 0 Å². The van der Waals surface area contributed by atoms with Gasteiger partial charge in [-0.3, -0.25) is 13.9 Å². The van der Waals surface area contributed by atoms with Crippen LogP contribution in [0.5, 0.6) is 5.75 Å². The number of methoxy groups -OCH3 is 1. The Kier molecular flexibility index (Phi) is 7.36. The highest BCUT2D eigenvalue weighted by Gasteiger charge is 2.27. The zero-order chi connectivity index (χ0) is 24.8. The van der Waals surface area contributed by atoms with Crippen molar-refractivity contribution in [2.24, 2.45) is 0 Å².